The Morgan fingerprint density at radius 2 is 1.67 bits per heavy atom. The van der Waals surface area contributed by atoms with Gasteiger partial charge in [-0.05, 0) is 52.0 Å². The summed E-state index contributed by atoms with van der Waals surface area (Å²) in [7, 11) is 0. The van der Waals surface area contributed by atoms with E-state index in [0.717, 1.165) is 0 Å². The Morgan fingerprint density at radius 3 is 2.06 bits per heavy atom. The second kappa shape index (κ2) is 6.06. The third kappa shape index (κ3) is 3.49. The molecule has 0 heterocycles. The van der Waals surface area contributed by atoms with Crippen LogP contribution in [0.3, 0.4) is 0 Å². The van der Waals surface area contributed by atoms with Crippen LogP contribution in [-0.2, 0) is 0 Å². The normalized spacial score (nSPS) is 10.3. The van der Waals surface area contributed by atoms with E-state index in [-0.39, 0.29) is 18.2 Å². The third-order valence-corrected chi connectivity index (χ3v) is 2.51. The zero-order valence-corrected chi connectivity index (χ0v) is 11.2. The van der Waals surface area contributed by atoms with Crippen molar-refractivity contribution in [2.45, 2.75) is 39.8 Å². The molecule has 0 atom stereocenters. The van der Waals surface area contributed by atoms with Gasteiger partial charge in [-0.2, -0.15) is 5.26 Å². The predicted molar refractivity (Wildman–Crippen MR) is 69.3 cm³/mol. The summed E-state index contributed by atoms with van der Waals surface area (Å²) >= 11 is 0. The van der Waals surface area contributed by atoms with Gasteiger partial charge in [0.15, 0.2) is 0 Å². The second-order valence-corrected chi connectivity index (χ2v) is 4.60. The Hall–Kier alpha value is -2.02. The van der Waals surface area contributed by atoms with Crippen LogP contribution < -0.4 is 4.74 Å². The van der Waals surface area contributed by atoms with E-state index in [4.69, 9.17) is 10.00 Å². The second-order valence-electron chi connectivity index (χ2n) is 4.60. The Kier molecular flexibility index (Phi) is 4.73. The fraction of sp³-hybridized carbons (Fsp3) is 0.429. The van der Waals surface area contributed by atoms with Crippen molar-refractivity contribution < 1.29 is 9.53 Å². The molecular formula is C14H18N2O2. The number of nitrogens with zero attached hydrogens (tertiary/aromatic N) is 2. The molecule has 1 amide bonds. The van der Waals surface area contributed by atoms with E-state index in [1.54, 1.807) is 29.2 Å². The number of rotatable bonds is 3. The van der Waals surface area contributed by atoms with Crippen LogP contribution in [0.4, 0.5) is 4.79 Å². The van der Waals surface area contributed by atoms with Gasteiger partial charge in [0.05, 0.1) is 11.6 Å². The Labute approximate surface area is 108 Å². The summed E-state index contributed by atoms with van der Waals surface area (Å²) in [4.78, 5) is 13.7. The number of carbonyl (C=O) groups excluding carboxylic acids is 1. The number of benzene rings is 1. The van der Waals surface area contributed by atoms with Crippen molar-refractivity contribution in [1.29, 1.82) is 5.26 Å². The number of carbonyl (C=O) groups is 1. The van der Waals surface area contributed by atoms with Gasteiger partial charge in [-0.1, -0.05) is 0 Å². The summed E-state index contributed by atoms with van der Waals surface area (Å²) in [5, 5.41) is 8.68. The van der Waals surface area contributed by atoms with Gasteiger partial charge in [-0.25, -0.2) is 4.79 Å². The van der Waals surface area contributed by atoms with E-state index >= 15 is 0 Å². The molecule has 4 heteroatoms. The maximum atomic E-state index is 12.0. The van der Waals surface area contributed by atoms with Gasteiger partial charge in [0, 0.05) is 12.1 Å². The highest BCUT2D eigenvalue weighted by Crippen LogP contribution is 2.15. The molecule has 0 spiro atoms. The highest BCUT2D eigenvalue weighted by molar-refractivity contribution is 5.71. The molecule has 1 rings (SSSR count). The Bertz CT molecular complexity index is 436. The lowest BCUT2D eigenvalue weighted by molar-refractivity contribution is 0.122. The molecule has 1 aromatic carbocycles. The molecule has 0 fully saturated rings. The standard InChI is InChI=1S/C14H18N2O2/c1-10(2)16(11(3)4)14(17)18-13-7-5-12(9-15)6-8-13/h5-8,10-11H,1-4H3. The summed E-state index contributed by atoms with van der Waals surface area (Å²) in [6, 6.07) is 8.66. The molecule has 0 N–H and O–H groups in total. The first-order chi connectivity index (χ1) is 8.45. The van der Waals surface area contributed by atoms with Crippen molar-refractivity contribution in [3.8, 4) is 11.8 Å². The zero-order valence-electron chi connectivity index (χ0n) is 11.2. The first-order valence-corrected chi connectivity index (χ1v) is 5.96. The molecule has 0 aliphatic heterocycles. The molecule has 96 valence electrons. The summed E-state index contributed by atoms with van der Waals surface area (Å²) < 4.78 is 5.28. The van der Waals surface area contributed by atoms with Crippen LogP contribution in [0.1, 0.15) is 33.3 Å². The van der Waals surface area contributed by atoms with Crippen molar-refractivity contribution in [1.82, 2.24) is 4.90 Å². The number of amides is 1. The van der Waals surface area contributed by atoms with Gasteiger partial charge in [-0.3, -0.25) is 0 Å². The molecule has 18 heavy (non-hydrogen) atoms. The Morgan fingerprint density at radius 1 is 1.17 bits per heavy atom. The maximum absolute atomic E-state index is 12.0. The molecule has 4 nitrogen and oxygen atoms in total. The van der Waals surface area contributed by atoms with Gasteiger partial charge in [-0.15, -0.1) is 0 Å². The van der Waals surface area contributed by atoms with Gasteiger partial charge >= 0.3 is 6.09 Å². The van der Waals surface area contributed by atoms with Crippen molar-refractivity contribution in [2.24, 2.45) is 0 Å². The van der Waals surface area contributed by atoms with E-state index in [2.05, 4.69) is 0 Å². The van der Waals surface area contributed by atoms with Crippen LogP contribution in [0.25, 0.3) is 0 Å². The Balaban J connectivity index is 2.77. The molecule has 0 bridgehead atoms. The van der Waals surface area contributed by atoms with Crippen LogP contribution in [0.5, 0.6) is 5.75 Å². The minimum absolute atomic E-state index is 0.0795. The molecular weight excluding hydrogens is 228 g/mol. The largest absolute Gasteiger partial charge is 0.415 e. The lowest BCUT2D eigenvalue weighted by atomic mass is 10.2. The molecule has 0 unspecified atom stereocenters. The fourth-order valence-electron chi connectivity index (χ4n) is 1.77. The van der Waals surface area contributed by atoms with Crippen LogP contribution in [-0.4, -0.2) is 23.1 Å². The highest BCUT2D eigenvalue weighted by Gasteiger charge is 2.21. The van der Waals surface area contributed by atoms with Crippen LogP contribution in [0.15, 0.2) is 24.3 Å². The number of nitriles is 1. The first-order valence-electron chi connectivity index (χ1n) is 5.96. The van der Waals surface area contributed by atoms with Crippen LogP contribution in [0, 0.1) is 11.3 Å². The molecule has 0 aliphatic rings. The summed E-state index contributed by atoms with van der Waals surface area (Å²) in [5.74, 6) is 0.449. The van der Waals surface area contributed by atoms with Crippen LogP contribution >= 0.6 is 0 Å². The highest BCUT2D eigenvalue weighted by atomic mass is 16.6. The molecule has 0 saturated heterocycles. The molecule has 0 aromatic heterocycles. The zero-order chi connectivity index (χ0) is 13.7. The third-order valence-electron chi connectivity index (χ3n) is 2.51. The van der Waals surface area contributed by atoms with Gasteiger partial charge in [0.25, 0.3) is 0 Å². The van der Waals surface area contributed by atoms with Gasteiger partial charge < -0.3 is 9.64 Å². The lowest BCUT2D eigenvalue weighted by Crippen LogP contribution is -2.43. The number of hydrogen-bond donors (Lipinski definition) is 0. The maximum Gasteiger partial charge on any atom is 0.415 e. The van der Waals surface area contributed by atoms with Crippen molar-refractivity contribution in [2.75, 3.05) is 0 Å². The average Bonchev–Trinajstić information content (AvgIpc) is 2.28. The SMILES string of the molecule is CC(C)N(C(=O)Oc1ccc(C#N)cc1)C(C)C. The lowest BCUT2D eigenvalue weighted by Gasteiger charge is -2.29. The molecule has 0 radical (unpaired) electrons. The topological polar surface area (TPSA) is 53.3 Å². The number of ether oxygens (including phenoxy) is 1. The van der Waals surface area contributed by atoms with E-state index < -0.39 is 0 Å². The summed E-state index contributed by atoms with van der Waals surface area (Å²) in [6.45, 7) is 7.78. The van der Waals surface area contributed by atoms with Crippen molar-refractivity contribution in [3.63, 3.8) is 0 Å². The summed E-state index contributed by atoms with van der Waals surface area (Å²) in [6.07, 6.45) is -0.371. The first kappa shape index (κ1) is 14.0. The summed E-state index contributed by atoms with van der Waals surface area (Å²) in [5.41, 5.74) is 0.541. The minimum Gasteiger partial charge on any atom is -0.410 e. The van der Waals surface area contributed by atoms with Gasteiger partial charge in [0.1, 0.15) is 5.75 Å². The quantitative estimate of drug-likeness (QED) is 0.823. The van der Waals surface area contributed by atoms with E-state index in [1.807, 2.05) is 33.8 Å². The van der Waals surface area contributed by atoms with Crippen molar-refractivity contribution in [3.05, 3.63) is 29.8 Å². The average molecular weight is 246 g/mol. The molecule has 1 aromatic rings. The van der Waals surface area contributed by atoms with Crippen molar-refractivity contribution >= 4 is 6.09 Å². The van der Waals surface area contributed by atoms with Crippen LogP contribution in [0.2, 0.25) is 0 Å². The van der Waals surface area contributed by atoms with E-state index in [1.165, 1.54) is 0 Å². The minimum atomic E-state index is -0.371. The number of hydrogen-bond acceptors (Lipinski definition) is 3. The predicted octanol–water partition coefficient (Wildman–Crippen LogP) is 3.18. The smallest absolute Gasteiger partial charge is 0.410 e. The van der Waals surface area contributed by atoms with E-state index in [9.17, 15) is 4.79 Å². The monoisotopic (exact) mass is 246 g/mol. The van der Waals surface area contributed by atoms with E-state index in [0.29, 0.717) is 11.3 Å². The molecule has 0 saturated carbocycles. The fourth-order valence-corrected chi connectivity index (χ4v) is 1.77. The van der Waals surface area contributed by atoms with Gasteiger partial charge in [0.2, 0.25) is 0 Å². The molecule has 0 aliphatic carbocycles.